The predicted molar refractivity (Wildman–Crippen MR) is 53.1 cm³/mol. The van der Waals surface area contributed by atoms with E-state index in [0.717, 1.165) is 5.57 Å². The maximum absolute atomic E-state index is 10.9. The Morgan fingerprint density at radius 1 is 1.54 bits per heavy atom. The van der Waals surface area contributed by atoms with Gasteiger partial charge >= 0.3 is 0 Å². The van der Waals surface area contributed by atoms with Crippen LogP contribution in [0.5, 0.6) is 0 Å². The monoisotopic (exact) mass is 207 g/mol. The molecule has 0 aromatic rings. The molecule has 0 amide bonds. The molecule has 0 fully saturated rings. The van der Waals surface area contributed by atoms with Gasteiger partial charge in [-0.15, -0.1) is 0 Å². The first-order valence-corrected chi connectivity index (χ1v) is 5.82. The molecule has 5 heteroatoms. The van der Waals surface area contributed by atoms with Gasteiger partial charge in [-0.25, -0.2) is 13.1 Å². The number of hydrogen-bond donors (Lipinski definition) is 1. The third kappa shape index (κ3) is 7.95. The van der Waals surface area contributed by atoms with Crippen LogP contribution in [-0.2, 0) is 14.8 Å². The van der Waals surface area contributed by atoms with Gasteiger partial charge in [0.2, 0.25) is 10.0 Å². The summed E-state index contributed by atoms with van der Waals surface area (Å²) in [6, 6.07) is 0. The molecule has 78 valence electrons. The van der Waals surface area contributed by atoms with Gasteiger partial charge in [-0.1, -0.05) is 12.2 Å². The summed E-state index contributed by atoms with van der Waals surface area (Å²) in [7, 11) is -3.07. The summed E-state index contributed by atoms with van der Waals surface area (Å²) in [6.45, 7) is 8.29. The molecule has 0 aliphatic rings. The van der Waals surface area contributed by atoms with Crippen molar-refractivity contribution in [2.75, 3.05) is 25.5 Å². The summed E-state index contributed by atoms with van der Waals surface area (Å²) in [4.78, 5) is 0. The van der Waals surface area contributed by atoms with E-state index in [0.29, 0.717) is 19.8 Å². The van der Waals surface area contributed by atoms with Gasteiger partial charge < -0.3 is 4.74 Å². The van der Waals surface area contributed by atoms with Crippen molar-refractivity contribution in [3.05, 3.63) is 12.2 Å². The Morgan fingerprint density at radius 2 is 2.15 bits per heavy atom. The van der Waals surface area contributed by atoms with E-state index in [4.69, 9.17) is 4.74 Å². The van der Waals surface area contributed by atoms with Gasteiger partial charge in [0.25, 0.3) is 0 Å². The SMILES string of the molecule is C=C(C)COCCNS(=O)(=O)CC. The zero-order chi connectivity index (χ0) is 10.3. The van der Waals surface area contributed by atoms with Crippen molar-refractivity contribution in [3.8, 4) is 0 Å². The molecule has 0 radical (unpaired) electrons. The summed E-state index contributed by atoms with van der Waals surface area (Å²) in [5, 5.41) is 0. The number of nitrogens with one attached hydrogen (secondary N) is 1. The summed E-state index contributed by atoms with van der Waals surface area (Å²) in [5.74, 6) is 0.105. The minimum atomic E-state index is -3.07. The van der Waals surface area contributed by atoms with Gasteiger partial charge in [-0.3, -0.25) is 0 Å². The molecule has 0 aliphatic carbocycles. The Bertz CT molecular complexity index is 246. The molecular formula is C8H17NO3S. The summed E-state index contributed by atoms with van der Waals surface area (Å²) in [5.41, 5.74) is 0.929. The lowest BCUT2D eigenvalue weighted by Crippen LogP contribution is -2.28. The lowest BCUT2D eigenvalue weighted by atomic mass is 10.4. The van der Waals surface area contributed by atoms with Crippen molar-refractivity contribution in [2.45, 2.75) is 13.8 Å². The zero-order valence-electron chi connectivity index (χ0n) is 8.17. The first-order valence-electron chi connectivity index (χ1n) is 4.17. The third-order valence-electron chi connectivity index (χ3n) is 1.30. The minimum absolute atomic E-state index is 0.105. The maximum atomic E-state index is 10.9. The van der Waals surface area contributed by atoms with E-state index in [1.54, 1.807) is 6.92 Å². The van der Waals surface area contributed by atoms with Crippen LogP contribution in [0.2, 0.25) is 0 Å². The Hall–Kier alpha value is -0.390. The zero-order valence-corrected chi connectivity index (χ0v) is 8.99. The van der Waals surface area contributed by atoms with Gasteiger partial charge in [-0.2, -0.15) is 0 Å². The summed E-state index contributed by atoms with van der Waals surface area (Å²) >= 11 is 0. The molecule has 0 atom stereocenters. The Balaban J connectivity index is 3.42. The second-order valence-electron chi connectivity index (χ2n) is 2.81. The van der Waals surface area contributed by atoms with Crippen LogP contribution in [0.1, 0.15) is 13.8 Å². The lowest BCUT2D eigenvalue weighted by Gasteiger charge is -2.05. The van der Waals surface area contributed by atoms with E-state index >= 15 is 0 Å². The fourth-order valence-electron chi connectivity index (χ4n) is 0.618. The quantitative estimate of drug-likeness (QED) is 0.489. The first kappa shape index (κ1) is 12.6. The van der Waals surface area contributed by atoms with E-state index in [9.17, 15) is 8.42 Å². The van der Waals surface area contributed by atoms with Crippen LogP contribution in [0, 0.1) is 0 Å². The highest BCUT2D eigenvalue weighted by Crippen LogP contribution is 1.87. The van der Waals surface area contributed by atoms with Crippen molar-refractivity contribution in [1.82, 2.24) is 4.72 Å². The van der Waals surface area contributed by atoms with Crippen molar-refractivity contribution < 1.29 is 13.2 Å². The molecule has 0 saturated heterocycles. The molecule has 4 nitrogen and oxygen atoms in total. The van der Waals surface area contributed by atoms with Crippen LogP contribution in [0.25, 0.3) is 0 Å². The van der Waals surface area contributed by atoms with Crippen molar-refractivity contribution in [1.29, 1.82) is 0 Å². The van der Waals surface area contributed by atoms with Gasteiger partial charge in [0.05, 0.1) is 19.0 Å². The molecule has 0 aromatic carbocycles. The van der Waals surface area contributed by atoms with Crippen molar-refractivity contribution in [3.63, 3.8) is 0 Å². The van der Waals surface area contributed by atoms with E-state index < -0.39 is 10.0 Å². The molecule has 13 heavy (non-hydrogen) atoms. The van der Waals surface area contributed by atoms with E-state index in [1.165, 1.54) is 0 Å². The topological polar surface area (TPSA) is 55.4 Å². The van der Waals surface area contributed by atoms with E-state index in [1.807, 2.05) is 6.92 Å². The van der Waals surface area contributed by atoms with Crippen molar-refractivity contribution >= 4 is 10.0 Å². The molecule has 0 spiro atoms. The highest BCUT2D eigenvalue weighted by atomic mass is 32.2. The Labute approximate surface area is 80.0 Å². The van der Waals surface area contributed by atoms with Gasteiger partial charge in [0, 0.05) is 6.54 Å². The molecule has 0 heterocycles. The van der Waals surface area contributed by atoms with Crippen LogP contribution in [0.4, 0.5) is 0 Å². The summed E-state index contributed by atoms with van der Waals surface area (Å²) < 4.78 is 29.3. The van der Waals surface area contributed by atoms with Gasteiger partial charge in [0.1, 0.15) is 0 Å². The molecule has 0 aliphatic heterocycles. The highest BCUT2D eigenvalue weighted by molar-refractivity contribution is 7.89. The second kappa shape index (κ2) is 6.12. The standard InChI is InChI=1S/C8H17NO3S/c1-4-13(10,11)9-5-6-12-7-8(2)3/h9H,2,4-7H2,1,3H3. The van der Waals surface area contributed by atoms with E-state index in [-0.39, 0.29) is 5.75 Å². The largest absolute Gasteiger partial charge is 0.376 e. The number of rotatable bonds is 7. The number of hydrogen-bond acceptors (Lipinski definition) is 3. The Kier molecular flexibility index (Phi) is 5.94. The van der Waals surface area contributed by atoms with Gasteiger partial charge in [0.15, 0.2) is 0 Å². The van der Waals surface area contributed by atoms with Gasteiger partial charge in [-0.05, 0) is 13.8 Å². The molecule has 0 unspecified atom stereocenters. The second-order valence-corrected chi connectivity index (χ2v) is 4.90. The predicted octanol–water partition coefficient (Wildman–Crippen LogP) is 0.518. The molecule has 0 aromatic heterocycles. The Morgan fingerprint density at radius 3 is 2.62 bits per heavy atom. The smallest absolute Gasteiger partial charge is 0.211 e. The molecule has 0 rings (SSSR count). The molecule has 0 bridgehead atoms. The van der Waals surface area contributed by atoms with Crippen LogP contribution >= 0.6 is 0 Å². The minimum Gasteiger partial charge on any atom is -0.376 e. The average Bonchev–Trinajstić information content (AvgIpc) is 2.03. The molecular weight excluding hydrogens is 190 g/mol. The van der Waals surface area contributed by atoms with Crippen LogP contribution < -0.4 is 4.72 Å². The normalized spacial score (nSPS) is 11.5. The van der Waals surface area contributed by atoms with Crippen LogP contribution in [0.3, 0.4) is 0 Å². The fourth-order valence-corrected chi connectivity index (χ4v) is 1.22. The van der Waals surface area contributed by atoms with E-state index in [2.05, 4.69) is 11.3 Å². The highest BCUT2D eigenvalue weighted by Gasteiger charge is 2.03. The fraction of sp³-hybridized carbons (Fsp3) is 0.750. The first-order chi connectivity index (χ1) is 5.98. The summed E-state index contributed by atoms with van der Waals surface area (Å²) in [6.07, 6.45) is 0. The van der Waals surface area contributed by atoms with Crippen LogP contribution in [-0.4, -0.2) is 33.9 Å². The molecule has 1 N–H and O–H groups in total. The maximum Gasteiger partial charge on any atom is 0.211 e. The van der Waals surface area contributed by atoms with Crippen molar-refractivity contribution in [2.24, 2.45) is 0 Å². The molecule has 0 saturated carbocycles. The number of ether oxygens (including phenoxy) is 1. The third-order valence-corrected chi connectivity index (χ3v) is 2.70. The van der Waals surface area contributed by atoms with Crippen LogP contribution in [0.15, 0.2) is 12.2 Å². The average molecular weight is 207 g/mol. The number of sulfonamides is 1. The lowest BCUT2D eigenvalue weighted by molar-refractivity contribution is 0.162.